The van der Waals surface area contributed by atoms with E-state index < -0.39 is 0 Å². The fourth-order valence-electron chi connectivity index (χ4n) is 1.34. The van der Waals surface area contributed by atoms with E-state index >= 15 is 0 Å². The number of rotatable bonds is 1. The third-order valence-corrected chi connectivity index (χ3v) is 2.82. The van der Waals surface area contributed by atoms with Crippen LogP contribution in [0.1, 0.15) is 5.69 Å². The van der Waals surface area contributed by atoms with Crippen LogP contribution in [0.25, 0.3) is 11.3 Å². The second-order valence-electron chi connectivity index (χ2n) is 3.11. The zero-order valence-electron chi connectivity index (χ0n) is 7.71. The smallest absolute Gasteiger partial charge is 0.0929 e. The fraction of sp³-hybridized carbons (Fsp3) is 0.100. The molecule has 0 saturated heterocycles. The van der Waals surface area contributed by atoms with Gasteiger partial charge in [-0.25, -0.2) is 4.98 Å². The Hall–Kier alpha value is -1.29. The number of halogens is 1. The maximum absolute atomic E-state index is 5.79. The molecule has 0 fully saturated rings. The van der Waals surface area contributed by atoms with Crippen molar-refractivity contribution in [3.63, 3.8) is 0 Å². The SMILES string of the molecule is Cc1[nH]cnc1-c1ccc(Br)c(N)c1. The molecule has 0 atom stereocenters. The van der Waals surface area contributed by atoms with Gasteiger partial charge in [0, 0.05) is 21.4 Å². The average Bonchev–Trinajstić information content (AvgIpc) is 2.57. The molecule has 4 heteroatoms. The van der Waals surface area contributed by atoms with E-state index in [2.05, 4.69) is 25.9 Å². The minimum atomic E-state index is 0.727. The molecule has 14 heavy (non-hydrogen) atoms. The van der Waals surface area contributed by atoms with Crippen LogP contribution in [-0.2, 0) is 0 Å². The number of benzene rings is 1. The molecule has 0 saturated carbocycles. The second-order valence-corrected chi connectivity index (χ2v) is 3.97. The highest BCUT2D eigenvalue weighted by Crippen LogP contribution is 2.26. The molecule has 72 valence electrons. The molecular formula is C10H10BrN3. The van der Waals surface area contributed by atoms with Crippen LogP contribution in [0.3, 0.4) is 0 Å². The Morgan fingerprint density at radius 1 is 1.43 bits per heavy atom. The topological polar surface area (TPSA) is 54.7 Å². The zero-order chi connectivity index (χ0) is 10.1. The van der Waals surface area contributed by atoms with Crippen molar-refractivity contribution >= 4 is 21.6 Å². The minimum absolute atomic E-state index is 0.727. The molecule has 0 unspecified atom stereocenters. The summed E-state index contributed by atoms with van der Waals surface area (Å²) in [6.07, 6.45) is 1.68. The van der Waals surface area contributed by atoms with Crippen molar-refractivity contribution in [3.05, 3.63) is 34.7 Å². The third kappa shape index (κ3) is 1.53. The Morgan fingerprint density at radius 2 is 2.21 bits per heavy atom. The van der Waals surface area contributed by atoms with Gasteiger partial charge in [-0.15, -0.1) is 0 Å². The van der Waals surface area contributed by atoms with Crippen LogP contribution in [0.5, 0.6) is 0 Å². The van der Waals surface area contributed by atoms with Crippen molar-refractivity contribution in [1.29, 1.82) is 0 Å². The zero-order valence-corrected chi connectivity index (χ0v) is 9.30. The number of nitrogen functional groups attached to an aromatic ring is 1. The van der Waals surface area contributed by atoms with Gasteiger partial charge in [0.05, 0.1) is 12.0 Å². The number of hydrogen-bond donors (Lipinski definition) is 2. The van der Waals surface area contributed by atoms with Gasteiger partial charge in [0.2, 0.25) is 0 Å². The maximum atomic E-state index is 5.79. The van der Waals surface area contributed by atoms with Gasteiger partial charge < -0.3 is 10.7 Å². The van der Waals surface area contributed by atoms with Crippen molar-refractivity contribution in [2.24, 2.45) is 0 Å². The van der Waals surface area contributed by atoms with Crippen LogP contribution in [0.4, 0.5) is 5.69 Å². The highest BCUT2D eigenvalue weighted by molar-refractivity contribution is 9.10. The van der Waals surface area contributed by atoms with Gasteiger partial charge in [-0.2, -0.15) is 0 Å². The van der Waals surface area contributed by atoms with Gasteiger partial charge >= 0.3 is 0 Å². The summed E-state index contributed by atoms with van der Waals surface area (Å²) in [5.41, 5.74) is 9.55. The summed E-state index contributed by atoms with van der Waals surface area (Å²) in [7, 11) is 0. The summed E-state index contributed by atoms with van der Waals surface area (Å²) in [5.74, 6) is 0. The highest BCUT2D eigenvalue weighted by atomic mass is 79.9. The highest BCUT2D eigenvalue weighted by Gasteiger charge is 2.05. The number of nitrogens with zero attached hydrogens (tertiary/aromatic N) is 1. The first-order chi connectivity index (χ1) is 6.68. The predicted octanol–water partition coefficient (Wildman–Crippen LogP) is 2.73. The summed E-state index contributed by atoms with van der Waals surface area (Å²) in [6.45, 7) is 1.99. The van der Waals surface area contributed by atoms with Gasteiger partial charge in [0.15, 0.2) is 0 Å². The maximum Gasteiger partial charge on any atom is 0.0929 e. The van der Waals surface area contributed by atoms with Crippen molar-refractivity contribution in [2.45, 2.75) is 6.92 Å². The van der Waals surface area contributed by atoms with E-state index in [-0.39, 0.29) is 0 Å². The first-order valence-corrected chi connectivity index (χ1v) is 5.03. The largest absolute Gasteiger partial charge is 0.398 e. The van der Waals surface area contributed by atoms with Crippen LogP contribution in [0.15, 0.2) is 29.0 Å². The Balaban J connectivity index is 2.53. The first-order valence-electron chi connectivity index (χ1n) is 4.24. The van der Waals surface area contributed by atoms with E-state index in [1.54, 1.807) is 6.33 Å². The van der Waals surface area contributed by atoms with Crippen LogP contribution in [-0.4, -0.2) is 9.97 Å². The quantitative estimate of drug-likeness (QED) is 0.766. The number of nitrogens with two attached hydrogens (primary N) is 1. The van der Waals surface area contributed by atoms with Crippen molar-refractivity contribution in [2.75, 3.05) is 5.73 Å². The number of imidazole rings is 1. The number of nitrogens with one attached hydrogen (secondary N) is 1. The summed E-state index contributed by atoms with van der Waals surface area (Å²) < 4.78 is 0.912. The molecule has 0 aliphatic heterocycles. The van der Waals surface area contributed by atoms with E-state index in [0.717, 1.165) is 27.1 Å². The Labute approximate surface area is 90.5 Å². The molecule has 1 aromatic heterocycles. The molecule has 0 amide bonds. The lowest BCUT2D eigenvalue weighted by Gasteiger charge is -2.02. The molecule has 0 spiro atoms. The number of aryl methyl sites for hydroxylation is 1. The summed E-state index contributed by atoms with van der Waals surface area (Å²) in [4.78, 5) is 7.27. The molecule has 1 aromatic carbocycles. The van der Waals surface area contributed by atoms with Crippen LogP contribution in [0.2, 0.25) is 0 Å². The van der Waals surface area contributed by atoms with Gasteiger partial charge in [-0.3, -0.25) is 0 Å². The molecular weight excluding hydrogens is 242 g/mol. The standard InChI is InChI=1S/C10H10BrN3/c1-6-10(14-5-13-6)7-2-3-8(11)9(12)4-7/h2-5H,12H2,1H3,(H,13,14). The van der Waals surface area contributed by atoms with Crippen LogP contribution < -0.4 is 5.73 Å². The Bertz CT molecular complexity index is 462. The summed E-state index contributed by atoms with van der Waals surface area (Å²) in [6, 6.07) is 5.83. The molecule has 0 aliphatic rings. The molecule has 3 N–H and O–H groups in total. The normalized spacial score (nSPS) is 10.4. The second kappa shape index (κ2) is 3.46. The van der Waals surface area contributed by atoms with Crippen LogP contribution in [0, 0.1) is 6.92 Å². The number of anilines is 1. The minimum Gasteiger partial charge on any atom is -0.398 e. The lowest BCUT2D eigenvalue weighted by Crippen LogP contribution is -1.88. The van der Waals surface area contributed by atoms with Gasteiger partial charge in [0.25, 0.3) is 0 Å². The van der Waals surface area contributed by atoms with Gasteiger partial charge in [-0.05, 0) is 35.0 Å². The lowest BCUT2D eigenvalue weighted by atomic mass is 10.1. The molecule has 1 heterocycles. The number of aromatic nitrogens is 2. The Kier molecular flexibility index (Phi) is 2.29. The van der Waals surface area contributed by atoms with Crippen LogP contribution >= 0.6 is 15.9 Å². The first kappa shape index (κ1) is 9.27. The average molecular weight is 252 g/mol. The van der Waals surface area contributed by atoms with E-state index in [0.29, 0.717) is 0 Å². The molecule has 0 radical (unpaired) electrons. The monoisotopic (exact) mass is 251 g/mol. The molecule has 2 aromatic rings. The van der Waals surface area contributed by atoms with E-state index in [1.165, 1.54) is 0 Å². The molecule has 3 nitrogen and oxygen atoms in total. The molecule has 0 bridgehead atoms. The van der Waals surface area contributed by atoms with Crippen molar-refractivity contribution in [3.8, 4) is 11.3 Å². The molecule has 2 rings (SSSR count). The van der Waals surface area contributed by atoms with Crippen molar-refractivity contribution in [1.82, 2.24) is 9.97 Å². The summed E-state index contributed by atoms with van der Waals surface area (Å²) in [5, 5.41) is 0. The van der Waals surface area contributed by atoms with Gasteiger partial charge in [-0.1, -0.05) is 6.07 Å². The van der Waals surface area contributed by atoms with Gasteiger partial charge in [0.1, 0.15) is 0 Å². The third-order valence-electron chi connectivity index (χ3n) is 2.10. The van der Waals surface area contributed by atoms with E-state index in [9.17, 15) is 0 Å². The number of aromatic amines is 1. The fourth-order valence-corrected chi connectivity index (χ4v) is 1.59. The van der Waals surface area contributed by atoms with Crippen molar-refractivity contribution < 1.29 is 0 Å². The summed E-state index contributed by atoms with van der Waals surface area (Å²) >= 11 is 3.36. The predicted molar refractivity (Wildman–Crippen MR) is 60.9 cm³/mol. The number of H-pyrrole nitrogens is 1. The number of hydrogen-bond acceptors (Lipinski definition) is 2. The molecule has 0 aliphatic carbocycles. The van der Waals surface area contributed by atoms with E-state index in [1.807, 2.05) is 25.1 Å². The Morgan fingerprint density at radius 3 is 2.79 bits per heavy atom. The lowest BCUT2D eigenvalue weighted by molar-refractivity contribution is 1.25. The van der Waals surface area contributed by atoms with E-state index in [4.69, 9.17) is 5.73 Å².